The Morgan fingerprint density at radius 1 is 0.897 bits per heavy atom. The SMILES string of the molecule is CC.Cc1ccc(CN2CCN(CCOCC(=O)O)CC2)cc1.c1ccccc1. The Kier molecular flexibility index (Phi) is 13.4. The van der Waals surface area contributed by atoms with E-state index >= 15 is 0 Å². The molecule has 1 aliphatic rings. The zero-order valence-electron chi connectivity index (χ0n) is 18.1. The summed E-state index contributed by atoms with van der Waals surface area (Å²) >= 11 is 0. The molecule has 1 N–H and O–H groups in total. The molecule has 160 valence electrons. The first-order valence-electron chi connectivity index (χ1n) is 10.4. The number of hydrogen-bond acceptors (Lipinski definition) is 4. The van der Waals surface area contributed by atoms with Crippen LogP contribution in [0.4, 0.5) is 0 Å². The van der Waals surface area contributed by atoms with E-state index in [4.69, 9.17) is 9.84 Å². The first-order valence-corrected chi connectivity index (χ1v) is 10.4. The second-order valence-electron chi connectivity index (χ2n) is 6.70. The highest BCUT2D eigenvalue weighted by atomic mass is 16.5. The summed E-state index contributed by atoms with van der Waals surface area (Å²) < 4.78 is 5.08. The second kappa shape index (κ2) is 15.7. The van der Waals surface area contributed by atoms with E-state index in [1.165, 1.54) is 11.1 Å². The summed E-state index contributed by atoms with van der Waals surface area (Å²) in [7, 11) is 0. The zero-order chi connectivity index (χ0) is 21.3. The number of aliphatic carboxylic acids is 1. The molecule has 3 rings (SSSR count). The van der Waals surface area contributed by atoms with E-state index in [1.54, 1.807) is 0 Å². The van der Waals surface area contributed by atoms with Gasteiger partial charge in [0.25, 0.3) is 0 Å². The summed E-state index contributed by atoms with van der Waals surface area (Å²) in [6.07, 6.45) is 0. The van der Waals surface area contributed by atoms with Crippen molar-refractivity contribution in [3.05, 3.63) is 71.8 Å². The van der Waals surface area contributed by atoms with Crippen LogP contribution in [0.1, 0.15) is 25.0 Å². The van der Waals surface area contributed by atoms with Crippen LogP contribution in [0, 0.1) is 6.92 Å². The number of carboxylic acids is 1. The molecular formula is C24H36N2O3. The van der Waals surface area contributed by atoms with Crippen molar-refractivity contribution in [2.24, 2.45) is 0 Å². The van der Waals surface area contributed by atoms with Crippen molar-refractivity contribution in [3.63, 3.8) is 0 Å². The van der Waals surface area contributed by atoms with Gasteiger partial charge in [-0.2, -0.15) is 0 Å². The molecule has 0 aromatic heterocycles. The van der Waals surface area contributed by atoms with Gasteiger partial charge in [0.15, 0.2) is 0 Å². The smallest absolute Gasteiger partial charge is 0.329 e. The van der Waals surface area contributed by atoms with Gasteiger partial charge in [-0.15, -0.1) is 0 Å². The number of benzene rings is 2. The van der Waals surface area contributed by atoms with Gasteiger partial charge in [0, 0.05) is 39.3 Å². The van der Waals surface area contributed by atoms with Gasteiger partial charge < -0.3 is 9.84 Å². The molecule has 5 heteroatoms. The standard InChI is InChI=1S/C16H24N2O3.C6H6.C2H6/c1-14-2-4-15(5-3-14)12-18-8-6-17(7-9-18)10-11-21-13-16(19)20;1-2-4-6-5-3-1;1-2/h2-5H,6-13H2,1H3,(H,19,20);1-6H;1-2H3. The monoisotopic (exact) mass is 400 g/mol. The fraction of sp³-hybridized carbons (Fsp3) is 0.458. The fourth-order valence-electron chi connectivity index (χ4n) is 2.86. The van der Waals surface area contributed by atoms with Crippen LogP contribution in [0.25, 0.3) is 0 Å². The van der Waals surface area contributed by atoms with Crippen LogP contribution < -0.4 is 0 Å². The second-order valence-corrected chi connectivity index (χ2v) is 6.70. The lowest BCUT2D eigenvalue weighted by molar-refractivity contribution is -0.142. The average Bonchev–Trinajstić information content (AvgIpc) is 2.77. The lowest BCUT2D eigenvalue weighted by atomic mass is 10.1. The van der Waals surface area contributed by atoms with Crippen LogP contribution in [0.2, 0.25) is 0 Å². The minimum absolute atomic E-state index is 0.201. The van der Waals surface area contributed by atoms with Crippen LogP contribution in [0.15, 0.2) is 60.7 Å². The predicted octanol–water partition coefficient (Wildman–Crippen LogP) is 3.93. The summed E-state index contributed by atoms with van der Waals surface area (Å²) in [6.45, 7) is 12.3. The summed E-state index contributed by atoms with van der Waals surface area (Å²) in [5.41, 5.74) is 2.66. The molecule has 1 fully saturated rings. The number of ether oxygens (including phenoxy) is 1. The van der Waals surface area contributed by atoms with Crippen molar-refractivity contribution in [1.82, 2.24) is 9.80 Å². The Bertz CT molecular complexity index is 612. The summed E-state index contributed by atoms with van der Waals surface area (Å²) in [6, 6.07) is 20.7. The van der Waals surface area contributed by atoms with Crippen molar-refractivity contribution in [2.45, 2.75) is 27.3 Å². The van der Waals surface area contributed by atoms with Crippen molar-refractivity contribution >= 4 is 5.97 Å². The maximum absolute atomic E-state index is 10.3. The highest BCUT2D eigenvalue weighted by molar-refractivity contribution is 5.67. The number of hydrogen-bond donors (Lipinski definition) is 1. The van der Waals surface area contributed by atoms with Crippen molar-refractivity contribution in [2.75, 3.05) is 45.9 Å². The Morgan fingerprint density at radius 3 is 1.86 bits per heavy atom. The Labute approximate surface area is 175 Å². The first kappa shape index (κ1) is 24.8. The Hall–Kier alpha value is -2.21. The highest BCUT2D eigenvalue weighted by Gasteiger charge is 2.16. The van der Waals surface area contributed by atoms with E-state index in [9.17, 15) is 4.79 Å². The van der Waals surface area contributed by atoms with Crippen LogP contribution in [-0.2, 0) is 16.1 Å². The number of piperazine rings is 1. The fourth-order valence-corrected chi connectivity index (χ4v) is 2.86. The lowest BCUT2D eigenvalue weighted by Crippen LogP contribution is -2.46. The van der Waals surface area contributed by atoms with Crippen LogP contribution >= 0.6 is 0 Å². The quantitative estimate of drug-likeness (QED) is 0.714. The van der Waals surface area contributed by atoms with Gasteiger partial charge in [0.1, 0.15) is 6.61 Å². The molecule has 0 saturated carbocycles. The van der Waals surface area contributed by atoms with E-state index in [1.807, 2.05) is 50.2 Å². The van der Waals surface area contributed by atoms with E-state index in [0.717, 1.165) is 39.3 Å². The molecule has 0 atom stereocenters. The van der Waals surface area contributed by atoms with E-state index in [-0.39, 0.29) is 6.61 Å². The van der Waals surface area contributed by atoms with Gasteiger partial charge >= 0.3 is 5.97 Å². The number of nitrogens with zero attached hydrogens (tertiary/aromatic N) is 2. The molecule has 0 spiro atoms. The Morgan fingerprint density at radius 2 is 1.38 bits per heavy atom. The summed E-state index contributed by atoms with van der Waals surface area (Å²) in [5.74, 6) is -0.905. The molecular weight excluding hydrogens is 364 g/mol. The minimum atomic E-state index is -0.905. The summed E-state index contributed by atoms with van der Waals surface area (Å²) in [5, 5.41) is 8.50. The highest BCUT2D eigenvalue weighted by Crippen LogP contribution is 2.09. The maximum Gasteiger partial charge on any atom is 0.329 e. The molecule has 29 heavy (non-hydrogen) atoms. The third kappa shape index (κ3) is 12.1. The van der Waals surface area contributed by atoms with Crippen molar-refractivity contribution in [1.29, 1.82) is 0 Å². The molecule has 1 heterocycles. The van der Waals surface area contributed by atoms with Gasteiger partial charge in [-0.25, -0.2) is 4.79 Å². The van der Waals surface area contributed by atoms with Crippen LogP contribution in [-0.4, -0.2) is 66.8 Å². The summed E-state index contributed by atoms with van der Waals surface area (Å²) in [4.78, 5) is 15.1. The van der Waals surface area contributed by atoms with E-state index < -0.39 is 5.97 Å². The van der Waals surface area contributed by atoms with E-state index in [0.29, 0.717) is 6.61 Å². The number of rotatable bonds is 7. The van der Waals surface area contributed by atoms with Crippen LogP contribution in [0.3, 0.4) is 0 Å². The normalized spacial score (nSPS) is 14.2. The zero-order valence-corrected chi connectivity index (χ0v) is 18.1. The largest absolute Gasteiger partial charge is 0.480 e. The van der Waals surface area contributed by atoms with Gasteiger partial charge in [-0.1, -0.05) is 80.1 Å². The van der Waals surface area contributed by atoms with Gasteiger partial charge in [-0.3, -0.25) is 9.80 Å². The van der Waals surface area contributed by atoms with E-state index in [2.05, 4.69) is 41.0 Å². The third-order valence-corrected chi connectivity index (χ3v) is 4.44. The van der Waals surface area contributed by atoms with Gasteiger partial charge in [0.2, 0.25) is 0 Å². The number of carbonyl (C=O) groups is 1. The molecule has 5 nitrogen and oxygen atoms in total. The van der Waals surface area contributed by atoms with Crippen LogP contribution in [0.5, 0.6) is 0 Å². The van der Waals surface area contributed by atoms with Crippen molar-refractivity contribution < 1.29 is 14.6 Å². The molecule has 0 unspecified atom stereocenters. The third-order valence-electron chi connectivity index (χ3n) is 4.44. The number of carboxylic acid groups (broad SMARTS) is 1. The Balaban J connectivity index is 0.000000442. The first-order chi connectivity index (χ1) is 14.1. The average molecular weight is 401 g/mol. The minimum Gasteiger partial charge on any atom is -0.480 e. The molecule has 1 aliphatic heterocycles. The lowest BCUT2D eigenvalue weighted by Gasteiger charge is -2.34. The molecule has 0 radical (unpaired) electrons. The van der Waals surface area contributed by atoms with Gasteiger partial charge in [-0.05, 0) is 12.5 Å². The predicted molar refractivity (Wildman–Crippen MR) is 119 cm³/mol. The molecule has 0 aliphatic carbocycles. The maximum atomic E-state index is 10.3. The number of aryl methyl sites for hydroxylation is 1. The van der Waals surface area contributed by atoms with Crippen molar-refractivity contribution in [3.8, 4) is 0 Å². The molecule has 2 aromatic carbocycles. The molecule has 2 aromatic rings. The molecule has 0 amide bonds. The van der Waals surface area contributed by atoms with Gasteiger partial charge in [0.05, 0.1) is 6.61 Å². The topological polar surface area (TPSA) is 53.0 Å². The molecule has 0 bridgehead atoms. The molecule has 1 saturated heterocycles.